The Bertz CT molecular complexity index is 446. The summed E-state index contributed by atoms with van der Waals surface area (Å²) in [5.41, 5.74) is 2.72. The Hall–Kier alpha value is -1.01. The van der Waals surface area contributed by atoms with Crippen LogP contribution in [0.5, 0.6) is 0 Å². The Morgan fingerprint density at radius 3 is 2.64 bits per heavy atom. The summed E-state index contributed by atoms with van der Waals surface area (Å²) in [7, 11) is 0. The van der Waals surface area contributed by atoms with Crippen LogP contribution in [-0.2, 0) is 6.42 Å². The minimum atomic E-state index is 0.689. The van der Waals surface area contributed by atoms with E-state index in [-0.39, 0.29) is 0 Å². The molecule has 0 saturated carbocycles. The average Bonchev–Trinajstić information content (AvgIpc) is 2.23. The number of hydrogen-bond acceptors (Lipinski definition) is 0. The molecular weight excluding hydrogens is 192 g/mol. The fourth-order valence-electron chi connectivity index (χ4n) is 1.87. The number of hydrogen-bond donors (Lipinski definition) is 0. The Morgan fingerprint density at radius 1 is 1.07 bits per heavy atom. The molecule has 0 atom stereocenters. The summed E-state index contributed by atoms with van der Waals surface area (Å²) < 4.78 is 0. The van der Waals surface area contributed by atoms with Gasteiger partial charge >= 0.3 is 0 Å². The van der Waals surface area contributed by atoms with E-state index in [2.05, 4.69) is 43.3 Å². The first-order valence-electron chi connectivity index (χ1n) is 4.86. The van der Waals surface area contributed by atoms with Gasteiger partial charge in [0.1, 0.15) is 0 Å². The number of benzene rings is 2. The van der Waals surface area contributed by atoms with Crippen LogP contribution in [0.4, 0.5) is 0 Å². The second-order valence-corrected chi connectivity index (χ2v) is 3.90. The summed E-state index contributed by atoms with van der Waals surface area (Å²) in [4.78, 5) is 0. The molecule has 0 heterocycles. The second kappa shape index (κ2) is 4.02. The van der Waals surface area contributed by atoms with Gasteiger partial charge in [0, 0.05) is 5.88 Å². The monoisotopic (exact) mass is 204 g/mol. The summed E-state index contributed by atoms with van der Waals surface area (Å²) in [6, 6.07) is 12.8. The van der Waals surface area contributed by atoms with E-state index in [1.807, 2.05) is 0 Å². The Labute approximate surface area is 89.5 Å². The molecule has 0 amide bonds. The molecular formula is C13H13Cl. The van der Waals surface area contributed by atoms with Crippen molar-refractivity contribution >= 4 is 22.4 Å². The normalized spacial score (nSPS) is 10.7. The molecule has 2 aromatic rings. The van der Waals surface area contributed by atoms with Crippen molar-refractivity contribution in [2.24, 2.45) is 0 Å². The number of alkyl halides is 1. The van der Waals surface area contributed by atoms with Crippen molar-refractivity contribution < 1.29 is 0 Å². The van der Waals surface area contributed by atoms with Crippen LogP contribution in [0.3, 0.4) is 0 Å². The van der Waals surface area contributed by atoms with Crippen LogP contribution >= 0.6 is 11.6 Å². The van der Waals surface area contributed by atoms with Gasteiger partial charge in [-0.2, -0.15) is 0 Å². The van der Waals surface area contributed by atoms with Crippen LogP contribution in [0.2, 0.25) is 0 Å². The lowest BCUT2D eigenvalue weighted by molar-refractivity contribution is 1.14. The molecule has 0 aliphatic heterocycles. The summed E-state index contributed by atoms with van der Waals surface area (Å²) in [5.74, 6) is 0.689. The molecule has 0 nitrogen and oxygen atoms in total. The van der Waals surface area contributed by atoms with Gasteiger partial charge < -0.3 is 0 Å². The molecule has 2 rings (SSSR count). The lowest BCUT2D eigenvalue weighted by Crippen LogP contribution is -1.92. The number of fused-ring (bicyclic) bond motifs is 1. The molecule has 0 unspecified atom stereocenters. The molecule has 0 fully saturated rings. The van der Waals surface area contributed by atoms with Gasteiger partial charge in [0.2, 0.25) is 0 Å². The highest BCUT2D eigenvalue weighted by Gasteiger charge is 2.02. The first-order valence-corrected chi connectivity index (χ1v) is 5.39. The van der Waals surface area contributed by atoms with Crippen molar-refractivity contribution in [1.29, 1.82) is 0 Å². The number of rotatable bonds is 2. The lowest BCUT2D eigenvalue weighted by Gasteiger charge is -2.08. The van der Waals surface area contributed by atoms with E-state index in [0.29, 0.717) is 5.88 Å². The zero-order valence-corrected chi connectivity index (χ0v) is 9.01. The summed E-state index contributed by atoms with van der Waals surface area (Å²) in [5, 5.41) is 2.64. The van der Waals surface area contributed by atoms with Crippen LogP contribution in [-0.4, -0.2) is 5.88 Å². The minimum Gasteiger partial charge on any atom is -0.126 e. The van der Waals surface area contributed by atoms with E-state index in [4.69, 9.17) is 11.6 Å². The fourth-order valence-corrected chi connectivity index (χ4v) is 2.06. The van der Waals surface area contributed by atoms with E-state index in [1.54, 1.807) is 0 Å². The maximum atomic E-state index is 5.81. The third kappa shape index (κ3) is 1.62. The van der Waals surface area contributed by atoms with Gasteiger partial charge in [0.25, 0.3) is 0 Å². The molecule has 0 N–H and O–H groups in total. The zero-order valence-electron chi connectivity index (χ0n) is 8.26. The second-order valence-electron chi connectivity index (χ2n) is 3.52. The SMILES string of the molecule is Cc1ccc2ccccc2c1CCCl. The van der Waals surface area contributed by atoms with Gasteiger partial charge in [-0.15, -0.1) is 11.6 Å². The largest absolute Gasteiger partial charge is 0.126 e. The highest BCUT2D eigenvalue weighted by molar-refractivity contribution is 6.18. The first kappa shape index (κ1) is 9.54. The summed E-state index contributed by atoms with van der Waals surface area (Å²) in [6.07, 6.45) is 0.953. The molecule has 14 heavy (non-hydrogen) atoms. The summed E-state index contributed by atoms with van der Waals surface area (Å²) >= 11 is 5.81. The smallest absolute Gasteiger partial charge is 0.0264 e. The van der Waals surface area contributed by atoms with Gasteiger partial charge in [-0.3, -0.25) is 0 Å². The maximum absolute atomic E-state index is 5.81. The van der Waals surface area contributed by atoms with Crippen LogP contribution in [0.15, 0.2) is 36.4 Å². The van der Waals surface area contributed by atoms with Gasteiger partial charge in [0.05, 0.1) is 0 Å². The van der Waals surface area contributed by atoms with Crippen molar-refractivity contribution in [1.82, 2.24) is 0 Å². The maximum Gasteiger partial charge on any atom is 0.0264 e. The predicted octanol–water partition coefficient (Wildman–Crippen LogP) is 3.93. The highest BCUT2D eigenvalue weighted by atomic mass is 35.5. The lowest BCUT2D eigenvalue weighted by atomic mass is 9.98. The van der Waals surface area contributed by atoms with Crippen molar-refractivity contribution in [3.05, 3.63) is 47.5 Å². The fraction of sp³-hybridized carbons (Fsp3) is 0.231. The van der Waals surface area contributed by atoms with Crippen molar-refractivity contribution in [3.63, 3.8) is 0 Å². The Kier molecular flexibility index (Phi) is 2.74. The molecule has 0 bridgehead atoms. The van der Waals surface area contributed by atoms with Crippen LogP contribution in [0, 0.1) is 6.92 Å². The topological polar surface area (TPSA) is 0 Å². The molecule has 72 valence electrons. The summed E-state index contributed by atoms with van der Waals surface area (Å²) in [6.45, 7) is 2.15. The third-order valence-electron chi connectivity index (χ3n) is 2.62. The van der Waals surface area contributed by atoms with Crippen molar-refractivity contribution in [2.45, 2.75) is 13.3 Å². The molecule has 1 heteroatoms. The highest BCUT2D eigenvalue weighted by Crippen LogP contribution is 2.22. The van der Waals surface area contributed by atoms with Crippen LogP contribution in [0.1, 0.15) is 11.1 Å². The van der Waals surface area contributed by atoms with Gasteiger partial charge in [-0.05, 0) is 35.2 Å². The van der Waals surface area contributed by atoms with Crippen molar-refractivity contribution in [3.8, 4) is 0 Å². The average molecular weight is 205 g/mol. The zero-order chi connectivity index (χ0) is 9.97. The number of aryl methyl sites for hydroxylation is 2. The molecule has 0 radical (unpaired) electrons. The van der Waals surface area contributed by atoms with Crippen LogP contribution < -0.4 is 0 Å². The Morgan fingerprint density at radius 2 is 1.86 bits per heavy atom. The predicted molar refractivity (Wildman–Crippen MR) is 63.1 cm³/mol. The molecule has 0 aliphatic carbocycles. The Balaban J connectivity index is 2.69. The molecule has 0 saturated heterocycles. The van der Waals surface area contributed by atoms with E-state index in [9.17, 15) is 0 Å². The minimum absolute atomic E-state index is 0.689. The van der Waals surface area contributed by atoms with E-state index in [1.165, 1.54) is 21.9 Å². The van der Waals surface area contributed by atoms with E-state index in [0.717, 1.165) is 6.42 Å². The first-order chi connectivity index (χ1) is 6.83. The van der Waals surface area contributed by atoms with Gasteiger partial charge in [-0.25, -0.2) is 0 Å². The van der Waals surface area contributed by atoms with Crippen molar-refractivity contribution in [2.75, 3.05) is 5.88 Å². The molecule has 0 aliphatic rings. The van der Waals surface area contributed by atoms with E-state index >= 15 is 0 Å². The third-order valence-corrected chi connectivity index (χ3v) is 2.81. The quantitative estimate of drug-likeness (QED) is 0.651. The van der Waals surface area contributed by atoms with Crippen LogP contribution in [0.25, 0.3) is 10.8 Å². The molecule has 0 spiro atoms. The molecule has 2 aromatic carbocycles. The van der Waals surface area contributed by atoms with E-state index < -0.39 is 0 Å². The van der Waals surface area contributed by atoms with Gasteiger partial charge in [-0.1, -0.05) is 36.4 Å². The standard InChI is InChI=1S/C13H13Cl/c1-10-6-7-11-4-2-3-5-13(11)12(10)8-9-14/h2-7H,8-9H2,1H3. The number of halogens is 1. The van der Waals surface area contributed by atoms with Gasteiger partial charge in [0.15, 0.2) is 0 Å². The molecule has 0 aromatic heterocycles.